The highest BCUT2D eigenvalue weighted by Crippen LogP contribution is 2.25. The van der Waals surface area contributed by atoms with E-state index in [9.17, 15) is 0 Å². The van der Waals surface area contributed by atoms with E-state index in [2.05, 4.69) is 0 Å². The van der Waals surface area contributed by atoms with Gasteiger partial charge in [-0.05, 0) is 12.2 Å². The van der Waals surface area contributed by atoms with E-state index in [4.69, 9.17) is 10.5 Å². The van der Waals surface area contributed by atoms with Gasteiger partial charge in [0.15, 0.2) is 0 Å². The molecule has 0 aromatic heterocycles. The van der Waals surface area contributed by atoms with E-state index in [0.29, 0.717) is 6.61 Å². The molecular formula is C7H7NO. The molecule has 0 bridgehead atoms. The normalized spacial score (nSPS) is 22.0. The molecule has 2 aliphatic rings. The number of rotatable bonds is 0. The summed E-state index contributed by atoms with van der Waals surface area (Å²) in [6.07, 6.45) is 5.60. The third-order valence-electron chi connectivity index (χ3n) is 1.48. The van der Waals surface area contributed by atoms with Crippen LogP contribution in [0.15, 0.2) is 35.3 Å². The van der Waals surface area contributed by atoms with E-state index in [1.807, 2.05) is 12.2 Å². The maximum atomic E-state index is 5.51. The van der Waals surface area contributed by atoms with Crippen LogP contribution in [0.5, 0.6) is 0 Å². The van der Waals surface area contributed by atoms with Crippen molar-refractivity contribution >= 4 is 0 Å². The van der Waals surface area contributed by atoms with Crippen LogP contribution in [0.1, 0.15) is 0 Å². The molecule has 2 nitrogen and oxygen atoms in total. The number of hydrogen-bond acceptors (Lipinski definition) is 2. The summed E-state index contributed by atoms with van der Waals surface area (Å²) in [6, 6.07) is 0. The van der Waals surface area contributed by atoms with Gasteiger partial charge in [0, 0.05) is 16.8 Å². The van der Waals surface area contributed by atoms with Crippen LogP contribution in [0.2, 0.25) is 0 Å². The van der Waals surface area contributed by atoms with E-state index in [0.717, 1.165) is 11.3 Å². The summed E-state index contributed by atoms with van der Waals surface area (Å²) in [6.45, 7) is 0.687. The molecule has 0 aromatic carbocycles. The predicted octanol–water partition coefficient (Wildman–Crippen LogP) is 0.683. The van der Waals surface area contributed by atoms with E-state index in [1.165, 1.54) is 5.57 Å². The molecule has 0 radical (unpaired) electrons. The lowest BCUT2D eigenvalue weighted by atomic mass is 10.2. The molecule has 0 atom stereocenters. The molecule has 0 aromatic rings. The van der Waals surface area contributed by atoms with Gasteiger partial charge in [-0.15, -0.1) is 0 Å². The van der Waals surface area contributed by atoms with Gasteiger partial charge in [0.1, 0.15) is 6.61 Å². The average molecular weight is 121 g/mol. The van der Waals surface area contributed by atoms with Crippen LogP contribution in [0.3, 0.4) is 0 Å². The van der Waals surface area contributed by atoms with Gasteiger partial charge in [0.2, 0.25) is 0 Å². The van der Waals surface area contributed by atoms with Crippen LogP contribution in [0, 0.1) is 0 Å². The fourth-order valence-corrected chi connectivity index (χ4v) is 1.05. The summed E-state index contributed by atoms with van der Waals surface area (Å²) >= 11 is 0. The van der Waals surface area contributed by atoms with Gasteiger partial charge in [-0.2, -0.15) is 0 Å². The van der Waals surface area contributed by atoms with Crippen LogP contribution in [-0.4, -0.2) is 6.61 Å². The van der Waals surface area contributed by atoms with Crippen LogP contribution >= 0.6 is 0 Å². The Hall–Kier alpha value is -1.18. The van der Waals surface area contributed by atoms with Crippen LogP contribution < -0.4 is 5.73 Å². The molecule has 9 heavy (non-hydrogen) atoms. The van der Waals surface area contributed by atoms with Gasteiger partial charge in [-0.3, -0.25) is 0 Å². The molecule has 2 rings (SSSR count). The monoisotopic (exact) mass is 121 g/mol. The van der Waals surface area contributed by atoms with Crippen molar-refractivity contribution in [3.8, 4) is 0 Å². The topological polar surface area (TPSA) is 35.2 Å². The largest absolute Gasteiger partial charge is 0.496 e. The highest BCUT2D eigenvalue weighted by Gasteiger charge is 2.15. The van der Waals surface area contributed by atoms with Crippen molar-refractivity contribution in [2.24, 2.45) is 5.73 Å². The summed E-state index contributed by atoms with van der Waals surface area (Å²) in [5.74, 6) is 0. The quantitative estimate of drug-likeness (QED) is 0.511. The van der Waals surface area contributed by atoms with Gasteiger partial charge >= 0.3 is 0 Å². The molecule has 0 saturated heterocycles. The Kier molecular flexibility index (Phi) is 0.730. The first-order chi connectivity index (χ1) is 4.36. The summed E-state index contributed by atoms with van der Waals surface area (Å²) in [5.41, 5.74) is 8.68. The lowest BCUT2D eigenvalue weighted by molar-refractivity contribution is 0.301. The summed E-state index contributed by atoms with van der Waals surface area (Å²) in [4.78, 5) is 0. The van der Waals surface area contributed by atoms with E-state index in [1.54, 1.807) is 6.26 Å². The van der Waals surface area contributed by atoms with Gasteiger partial charge in [0.05, 0.1) is 6.26 Å². The second-order valence-electron chi connectivity index (χ2n) is 2.20. The Labute approximate surface area is 53.3 Å². The van der Waals surface area contributed by atoms with Crippen molar-refractivity contribution in [2.45, 2.75) is 0 Å². The molecular weight excluding hydrogens is 114 g/mol. The minimum atomic E-state index is 0.687. The molecule has 2 N–H and O–H groups in total. The van der Waals surface area contributed by atoms with Gasteiger partial charge in [0.25, 0.3) is 0 Å². The first kappa shape index (κ1) is 4.68. The van der Waals surface area contributed by atoms with E-state index in [-0.39, 0.29) is 0 Å². The number of nitrogens with two attached hydrogens (primary N) is 1. The first-order valence-electron chi connectivity index (χ1n) is 2.86. The second-order valence-corrected chi connectivity index (χ2v) is 2.20. The molecule has 0 amide bonds. The Morgan fingerprint density at radius 1 is 1.44 bits per heavy atom. The summed E-state index contributed by atoms with van der Waals surface area (Å²) in [5, 5.41) is 0. The minimum absolute atomic E-state index is 0.687. The molecule has 0 spiro atoms. The van der Waals surface area contributed by atoms with Crippen molar-refractivity contribution in [2.75, 3.05) is 6.61 Å². The van der Waals surface area contributed by atoms with Gasteiger partial charge in [-0.25, -0.2) is 0 Å². The van der Waals surface area contributed by atoms with Gasteiger partial charge in [-0.1, -0.05) is 0 Å². The van der Waals surface area contributed by atoms with E-state index < -0.39 is 0 Å². The predicted molar refractivity (Wildman–Crippen MR) is 34.4 cm³/mol. The zero-order chi connectivity index (χ0) is 6.27. The third kappa shape index (κ3) is 0.560. The fraction of sp³-hybridized carbons (Fsp3) is 0.143. The highest BCUT2D eigenvalue weighted by molar-refractivity contribution is 5.53. The zero-order valence-corrected chi connectivity index (χ0v) is 4.92. The van der Waals surface area contributed by atoms with Crippen LogP contribution in [0.4, 0.5) is 0 Å². The van der Waals surface area contributed by atoms with Crippen LogP contribution in [-0.2, 0) is 4.74 Å². The Bertz CT molecular complexity index is 235. The maximum Gasteiger partial charge on any atom is 0.113 e. The molecule has 46 valence electrons. The van der Waals surface area contributed by atoms with Crippen molar-refractivity contribution in [1.29, 1.82) is 0 Å². The summed E-state index contributed by atoms with van der Waals surface area (Å²) < 4.78 is 5.03. The van der Waals surface area contributed by atoms with Crippen molar-refractivity contribution in [3.63, 3.8) is 0 Å². The lowest BCUT2D eigenvalue weighted by Gasteiger charge is -1.87. The molecule has 1 aliphatic carbocycles. The van der Waals surface area contributed by atoms with Crippen molar-refractivity contribution < 1.29 is 4.74 Å². The highest BCUT2D eigenvalue weighted by atomic mass is 16.5. The first-order valence-corrected chi connectivity index (χ1v) is 2.86. The second kappa shape index (κ2) is 1.41. The standard InChI is InChI=1S/C7H7NO/c8-7-1-5-3-9-4-6(5)2-7/h1-3H,4,8H2. The minimum Gasteiger partial charge on any atom is -0.496 e. The number of ether oxygens (including phenoxy) is 1. The molecule has 2 heteroatoms. The maximum absolute atomic E-state index is 5.51. The number of allylic oxidation sites excluding steroid dienone is 2. The zero-order valence-electron chi connectivity index (χ0n) is 4.92. The molecule has 0 fully saturated rings. The lowest BCUT2D eigenvalue weighted by Crippen LogP contribution is -1.89. The molecule has 0 saturated carbocycles. The smallest absolute Gasteiger partial charge is 0.113 e. The number of fused-ring (bicyclic) bond motifs is 1. The average Bonchev–Trinajstić information content (AvgIpc) is 2.22. The van der Waals surface area contributed by atoms with Gasteiger partial charge < -0.3 is 10.5 Å². The SMILES string of the molecule is NC1=CC2=COCC2=C1. The van der Waals surface area contributed by atoms with Crippen molar-refractivity contribution in [1.82, 2.24) is 0 Å². The van der Waals surface area contributed by atoms with Crippen molar-refractivity contribution in [3.05, 3.63) is 35.3 Å². The Morgan fingerprint density at radius 3 is 3.11 bits per heavy atom. The van der Waals surface area contributed by atoms with E-state index >= 15 is 0 Å². The number of hydrogen-bond donors (Lipinski definition) is 1. The summed E-state index contributed by atoms with van der Waals surface area (Å²) in [7, 11) is 0. The van der Waals surface area contributed by atoms with Crippen LogP contribution in [0.25, 0.3) is 0 Å². The third-order valence-corrected chi connectivity index (χ3v) is 1.48. The molecule has 0 unspecified atom stereocenters. The fourth-order valence-electron chi connectivity index (χ4n) is 1.05. The molecule has 1 aliphatic heterocycles. The molecule has 1 heterocycles. The Balaban J connectivity index is 2.46. The Morgan fingerprint density at radius 2 is 2.33 bits per heavy atom.